The molecule has 0 saturated carbocycles. The van der Waals surface area contributed by atoms with Crippen molar-refractivity contribution in [3.05, 3.63) is 42.5 Å². The first-order valence-corrected chi connectivity index (χ1v) is 9.66. The SMILES string of the molecule is c1cnc(Nc2cc(C3CCCN(CC4CCOCC4)C3)ccn2)cn1. The van der Waals surface area contributed by atoms with Crippen LogP contribution in [0, 0.1) is 5.92 Å². The van der Waals surface area contributed by atoms with Gasteiger partial charge in [0.2, 0.25) is 0 Å². The molecule has 0 aliphatic carbocycles. The molecule has 2 fully saturated rings. The molecule has 2 aliphatic rings. The molecule has 0 aromatic carbocycles. The van der Waals surface area contributed by atoms with Gasteiger partial charge < -0.3 is 15.0 Å². The molecule has 2 aromatic rings. The van der Waals surface area contributed by atoms with E-state index in [0.717, 1.165) is 37.3 Å². The van der Waals surface area contributed by atoms with Crippen LogP contribution in [0.5, 0.6) is 0 Å². The zero-order chi connectivity index (χ0) is 17.6. The number of likely N-dealkylation sites (tertiary alicyclic amines) is 1. The van der Waals surface area contributed by atoms with Crippen LogP contribution >= 0.6 is 0 Å². The summed E-state index contributed by atoms with van der Waals surface area (Å²) in [5, 5.41) is 3.25. The third-order valence-electron chi connectivity index (χ3n) is 5.44. The average Bonchev–Trinajstić information content (AvgIpc) is 2.70. The van der Waals surface area contributed by atoms with Gasteiger partial charge >= 0.3 is 0 Å². The summed E-state index contributed by atoms with van der Waals surface area (Å²) in [4.78, 5) is 15.4. The zero-order valence-electron chi connectivity index (χ0n) is 15.2. The van der Waals surface area contributed by atoms with Crippen molar-refractivity contribution in [3.63, 3.8) is 0 Å². The molecule has 1 N–H and O–H groups in total. The number of hydrogen-bond donors (Lipinski definition) is 1. The van der Waals surface area contributed by atoms with Crippen molar-refractivity contribution < 1.29 is 4.74 Å². The number of ether oxygens (including phenoxy) is 1. The Morgan fingerprint density at radius 2 is 1.96 bits per heavy atom. The monoisotopic (exact) mass is 353 g/mol. The van der Waals surface area contributed by atoms with E-state index in [-0.39, 0.29) is 0 Å². The summed E-state index contributed by atoms with van der Waals surface area (Å²) >= 11 is 0. The Labute approximate surface area is 155 Å². The van der Waals surface area contributed by atoms with E-state index >= 15 is 0 Å². The smallest absolute Gasteiger partial charge is 0.150 e. The first kappa shape index (κ1) is 17.4. The molecular weight excluding hydrogens is 326 g/mol. The Kier molecular flexibility index (Phi) is 5.72. The normalized spacial score (nSPS) is 22.2. The van der Waals surface area contributed by atoms with Crippen molar-refractivity contribution in [1.82, 2.24) is 19.9 Å². The lowest BCUT2D eigenvalue weighted by molar-refractivity contribution is 0.0483. The summed E-state index contributed by atoms with van der Waals surface area (Å²) in [6, 6.07) is 4.32. The quantitative estimate of drug-likeness (QED) is 0.890. The second kappa shape index (κ2) is 8.56. The van der Waals surface area contributed by atoms with Gasteiger partial charge in [-0.05, 0) is 61.8 Å². The summed E-state index contributed by atoms with van der Waals surface area (Å²) in [6.45, 7) is 5.46. The van der Waals surface area contributed by atoms with E-state index in [9.17, 15) is 0 Å². The van der Waals surface area contributed by atoms with Crippen molar-refractivity contribution in [2.24, 2.45) is 5.92 Å². The van der Waals surface area contributed by atoms with Gasteiger partial charge in [-0.15, -0.1) is 0 Å². The molecule has 4 heterocycles. The number of nitrogens with one attached hydrogen (secondary N) is 1. The zero-order valence-corrected chi connectivity index (χ0v) is 15.2. The van der Waals surface area contributed by atoms with Crippen molar-refractivity contribution >= 4 is 11.6 Å². The van der Waals surface area contributed by atoms with Crippen molar-refractivity contribution in [2.75, 3.05) is 38.2 Å². The van der Waals surface area contributed by atoms with Crippen LogP contribution < -0.4 is 5.32 Å². The Balaban J connectivity index is 1.39. The van der Waals surface area contributed by atoms with Crippen LogP contribution in [0.3, 0.4) is 0 Å². The first-order valence-electron chi connectivity index (χ1n) is 9.66. The van der Waals surface area contributed by atoms with Crippen LogP contribution in [-0.4, -0.2) is 52.7 Å². The number of rotatable bonds is 5. The lowest BCUT2D eigenvalue weighted by Crippen LogP contribution is -2.39. The van der Waals surface area contributed by atoms with Crippen LogP contribution in [0.2, 0.25) is 0 Å². The summed E-state index contributed by atoms with van der Waals surface area (Å²) in [5.74, 6) is 2.94. The molecule has 6 heteroatoms. The van der Waals surface area contributed by atoms with Gasteiger partial charge in [-0.25, -0.2) is 9.97 Å². The maximum Gasteiger partial charge on any atom is 0.150 e. The van der Waals surface area contributed by atoms with Gasteiger partial charge in [0.15, 0.2) is 0 Å². The Hall–Kier alpha value is -2.05. The second-order valence-electron chi connectivity index (χ2n) is 7.34. The number of nitrogens with zero attached hydrogens (tertiary/aromatic N) is 4. The van der Waals surface area contributed by atoms with Gasteiger partial charge in [0.1, 0.15) is 11.6 Å². The van der Waals surface area contributed by atoms with Crippen LogP contribution in [0.4, 0.5) is 11.6 Å². The maximum atomic E-state index is 5.50. The number of piperidine rings is 1. The van der Waals surface area contributed by atoms with Gasteiger partial charge in [-0.2, -0.15) is 0 Å². The van der Waals surface area contributed by atoms with E-state index in [0.29, 0.717) is 5.92 Å². The minimum atomic E-state index is 0.578. The first-order chi connectivity index (χ1) is 12.9. The fourth-order valence-corrected chi connectivity index (χ4v) is 4.05. The van der Waals surface area contributed by atoms with E-state index in [1.54, 1.807) is 18.6 Å². The van der Waals surface area contributed by atoms with Crippen LogP contribution in [-0.2, 0) is 4.74 Å². The standard InChI is InChI=1S/C20H27N5O/c1-2-18(15-25(9-1)14-16-4-10-26-11-5-16)17-3-6-22-19(12-17)24-20-13-21-7-8-23-20/h3,6-8,12-13,16,18H,1-2,4-5,9-11,14-15H2,(H,22,23,24). The van der Waals surface area contributed by atoms with Crippen LogP contribution in [0.1, 0.15) is 37.2 Å². The highest BCUT2D eigenvalue weighted by molar-refractivity contribution is 5.51. The lowest BCUT2D eigenvalue weighted by Gasteiger charge is -2.36. The van der Waals surface area contributed by atoms with Gasteiger partial charge in [0, 0.05) is 44.9 Å². The lowest BCUT2D eigenvalue weighted by atomic mass is 9.90. The van der Waals surface area contributed by atoms with Gasteiger partial charge in [-0.1, -0.05) is 0 Å². The van der Waals surface area contributed by atoms with E-state index in [4.69, 9.17) is 4.74 Å². The molecule has 138 valence electrons. The molecule has 0 bridgehead atoms. The van der Waals surface area contributed by atoms with Crippen molar-refractivity contribution in [3.8, 4) is 0 Å². The molecule has 2 aliphatic heterocycles. The number of hydrogen-bond acceptors (Lipinski definition) is 6. The highest BCUT2D eigenvalue weighted by Crippen LogP contribution is 2.29. The Bertz CT molecular complexity index is 690. The van der Waals surface area contributed by atoms with Gasteiger partial charge in [-0.3, -0.25) is 4.98 Å². The van der Waals surface area contributed by atoms with Gasteiger partial charge in [0.05, 0.1) is 6.20 Å². The predicted molar refractivity (Wildman–Crippen MR) is 102 cm³/mol. The minimum Gasteiger partial charge on any atom is -0.381 e. The molecular formula is C20H27N5O. The molecule has 26 heavy (non-hydrogen) atoms. The summed E-state index contributed by atoms with van der Waals surface area (Å²) in [7, 11) is 0. The summed E-state index contributed by atoms with van der Waals surface area (Å²) < 4.78 is 5.50. The molecule has 2 saturated heterocycles. The number of pyridine rings is 1. The number of aromatic nitrogens is 3. The van der Waals surface area contributed by atoms with Gasteiger partial charge in [0.25, 0.3) is 0 Å². The topological polar surface area (TPSA) is 63.2 Å². The summed E-state index contributed by atoms with van der Waals surface area (Å²) in [5.41, 5.74) is 1.36. The highest BCUT2D eigenvalue weighted by atomic mass is 16.5. The minimum absolute atomic E-state index is 0.578. The molecule has 0 amide bonds. The highest BCUT2D eigenvalue weighted by Gasteiger charge is 2.24. The molecule has 0 spiro atoms. The Morgan fingerprint density at radius 3 is 2.81 bits per heavy atom. The van der Waals surface area contributed by atoms with Crippen molar-refractivity contribution in [2.45, 2.75) is 31.6 Å². The summed E-state index contributed by atoms with van der Waals surface area (Å²) in [6.07, 6.45) is 11.9. The van der Waals surface area contributed by atoms with E-state index < -0.39 is 0 Å². The van der Waals surface area contributed by atoms with Crippen molar-refractivity contribution in [1.29, 1.82) is 0 Å². The molecule has 6 nitrogen and oxygen atoms in total. The molecule has 0 radical (unpaired) electrons. The van der Waals surface area contributed by atoms with Crippen LogP contribution in [0.25, 0.3) is 0 Å². The molecule has 1 atom stereocenters. The fraction of sp³-hybridized carbons (Fsp3) is 0.550. The average molecular weight is 353 g/mol. The van der Waals surface area contributed by atoms with E-state index in [1.165, 1.54) is 44.3 Å². The largest absolute Gasteiger partial charge is 0.381 e. The Morgan fingerprint density at radius 1 is 1.08 bits per heavy atom. The third kappa shape index (κ3) is 4.56. The molecule has 1 unspecified atom stereocenters. The molecule has 2 aromatic heterocycles. The maximum absolute atomic E-state index is 5.50. The third-order valence-corrected chi connectivity index (χ3v) is 5.44. The van der Waals surface area contributed by atoms with E-state index in [2.05, 4.69) is 37.3 Å². The predicted octanol–water partition coefficient (Wildman–Crippen LogP) is 3.22. The number of anilines is 2. The second-order valence-corrected chi connectivity index (χ2v) is 7.34. The molecule has 4 rings (SSSR count). The van der Waals surface area contributed by atoms with E-state index in [1.807, 2.05) is 6.20 Å². The fourth-order valence-electron chi connectivity index (χ4n) is 4.05. The van der Waals surface area contributed by atoms with Crippen LogP contribution in [0.15, 0.2) is 36.9 Å².